The minimum Gasteiger partial charge on any atom is -0.497 e. The number of nitrogens with two attached hydrogens (primary N) is 1. The van der Waals surface area contributed by atoms with Crippen molar-refractivity contribution in [3.05, 3.63) is 76.9 Å². The van der Waals surface area contributed by atoms with Gasteiger partial charge in [0.15, 0.2) is 10.8 Å². The predicted molar refractivity (Wildman–Crippen MR) is 110 cm³/mol. The molecular formula is C21H17F3N3O3S+. The highest BCUT2D eigenvalue weighted by molar-refractivity contribution is 7.30. The lowest BCUT2D eigenvalue weighted by Crippen LogP contribution is -2.13. The molecule has 4 rings (SSSR count). The molecule has 10 heteroatoms. The van der Waals surface area contributed by atoms with E-state index in [0.717, 1.165) is 6.07 Å². The largest absolute Gasteiger partial charge is 0.497 e. The molecule has 2 aromatic carbocycles. The van der Waals surface area contributed by atoms with Gasteiger partial charge in [-0.3, -0.25) is 9.36 Å². The SMILES string of the molecule is COc1ccc2ncn(-c3ccc(C(N)=O)[s+]3OCc3ccccc3C(F)(F)F)c2c1. The summed E-state index contributed by atoms with van der Waals surface area (Å²) in [5, 5.41) is 0.536. The van der Waals surface area contributed by atoms with Crippen LogP contribution in [0.5, 0.6) is 5.75 Å². The summed E-state index contributed by atoms with van der Waals surface area (Å²) in [7, 11) is 0.237. The number of hydrogen-bond donors (Lipinski definition) is 1. The number of carbonyl (C=O) groups is 1. The number of benzene rings is 2. The first kappa shape index (κ1) is 20.9. The average molecular weight is 448 g/mol. The number of imidazole rings is 1. The normalized spacial score (nSPS) is 12.3. The maximum absolute atomic E-state index is 13.3. The van der Waals surface area contributed by atoms with Crippen LogP contribution >= 0.6 is 10.8 Å². The highest BCUT2D eigenvalue weighted by atomic mass is 32.2. The molecule has 0 aliphatic carbocycles. The number of thiophene rings is 1. The van der Waals surface area contributed by atoms with E-state index in [2.05, 4.69) is 4.98 Å². The molecule has 0 saturated carbocycles. The maximum Gasteiger partial charge on any atom is 0.416 e. The summed E-state index contributed by atoms with van der Waals surface area (Å²) in [4.78, 5) is 16.5. The Balaban J connectivity index is 1.77. The van der Waals surface area contributed by atoms with Gasteiger partial charge in [0.1, 0.15) is 18.7 Å². The minimum absolute atomic E-state index is 0.0327. The number of nitrogens with zero attached hydrogens (tertiary/aromatic N) is 2. The van der Waals surface area contributed by atoms with Crippen LogP contribution in [-0.2, 0) is 12.8 Å². The van der Waals surface area contributed by atoms with E-state index in [-0.39, 0.29) is 17.0 Å². The topological polar surface area (TPSA) is 79.4 Å². The Morgan fingerprint density at radius 2 is 1.94 bits per heavy atom. The Morgan fingerprint density at radius 3 is 2.65 bits per heavy atom. The van der Waals surface area contributed by atoms with Crippen LogP contribution in [0.25, 0.3) is 16.0 Å². The Morgan fingerprint density at radius 1 is 1.16 bits per heavy atom. The van der Waals surface area contributed by atoms with E-state index in [0.29, 0.717) is 21.8 Å². The van der Waals surface area contributed by atoms with Crippen molar-refractivity contribution in [2.24, 2.45) is 5.73 Å². The number of primary amides is 1. The summed E-state index contributed by atoms with van der Waals surface area (Å²) in [5.41, 5.74) is 6.05. The molecule has 0 spiro atoms. The molecule has 0 bridgehead atoms. The van der Waals surface area contributed by atoms with E-state index in [1.807, 2.05) is 0 Å². The van der Waals surface area contributed by atoms with Crippen LogP contribution in [0.1, 0.15) is 20.8 Å². The molecule has 2 heterocycles. The van der Waals surface area contributed by atoms with E-state index in [1.54, 1.807) is 35.2 Å². The zero-order valence-electron chi connectivity index (χ0n) is 16.2. The Hall–Kier alpha value is -3.37. The lowest BCUT2D eigenvalue weighted by atomic mass is 10.1. The van der Waals surface area contributed by atoms with Gasteiger partial charge in [0.2, 0.25) is 0 Å². The molecule has 1 atom stereocenters. The maximum atomic E-state index is 13.3. The van der Waals surface area contributed by atoms with Crippen molar-refractivity contribution in [3.63, 3.8) is 0 Å². The second kappa shape index (κ2) is 8.05. The fraction of sp³-hybridized carbons (Fsp3) is 0.143. The first-order valence-corrected chi connectivity index (χ1v) is 10.2. The van der Waals surface area contributed by atoms with Crippen molar-refractivity contribution < 1.29 is 26.9 Å². The molecule has 1 unspecified atom stereocenters. The van der Waals surface area contributed by atoms with Gasteiger partial charge in [-0.15, -0.1) is 4.18 Å². The molecule has 2 N–H and O–H groups in total. The van der Waals surface area contributed by atoms with Gasteiger partial charge in [-0.1, -0.05) is 18.2 Å². The van der Waals surface area contributed by atoms with Crippen LogP contribution in [0.3, 0.4) is 0 Å². The van der Waals surface area contributed by atoms with Crippen LogP contribution in [0.15, 0.2) is 60.9 Å². The molecule has 0 aliphatic rings. The summed E-state index contributed by atoms with van der Waals surface area (Å²) in [5.74, 6) is -0.100. The fourth-order valence-electron chi connectivity index (χ4n) is 3.19. The molecule has 6 nitrogen and oxygen atoms in total. The molecule has 0 fully saturated rings. The number of methoxy groups -OCH3 is 1. The molecule has 0 aliphatic heterocycles. The number of fused-ring (bicyclic) bond motifs is 1. The molecule has 31 heavy (non-hydrogen) atoms. The molecule has 4 aromatic rings. The first-order valence-electron chi connectivity index (χ1n) is 9.05. The van der Waals surface area contributed by atoms with Crippen molar-refractivity contribution in [2.45, 2.75) is 12.8 Å². The third kappa shape index (κ3) is 3.99. The first-order chi connectivity index (χ1) is 14.8. The smallest absolute Gasteiger partial charge is 0.416 e. The third-order valence-electron chi connectivity index (χ3n) is 4.66. The third-order valence-corrected chi connectivity index (χ3v) is 6.46. The number of rotatable bonds is 6. The number of hydrogen-bond acceptors (Lipinski definition) is 4. The zero-order valence-corrected chi connectivity index (χ0v) is 17.0. The summed E-state index contributed by atoms with van der Waals surface area (Å²) >= 11 is 0. The molecule has 0 radical (unpaired) electrons. The van der Waals surface area contributed by atoms with Gasteiger partial charge < -0.3 is 10.5 Å². The van der Waals surface area contributed by atoms with Crippen LogP contribution in [0.2, 0.25) is 0 Å². The summed E-state index contributed by atoms with van der Waals surface area (Å²) in [6.45, 7) is -0.350. The highest BCUT2D eigenvalue weighted by Gasteiger charge is 2.35. The Bertz CT molecular complexity index is 1260. The second-order valence-electron chi connectivity index (χ2n) is 6.56. The molecular weight excluding hydrogens is 431 g/mol. The van der Waals surface area contributed by atoms with Gasteiger partial charge in [0.25, 0.3) is 9.88 Å². The van der Waals surface area contributed by atoms with Gasteiger partial charge in [-0.25, -0.2) is 4.98 Å². The van der Waals surface area contributed by atoms with Gasteiger partial charge in [-0.2, -0.15) is 13.2 Å². The van der Waals surface area contributed by atoms with Gasteiger partial charge >= 0.3 is 12.1 Å². The van der Waals surface area contributed by atoms with Gasteiger partial charge in [-0.05, 0) is 23.8 Å². The zero-order chi connectivity index (χ0) is 22.2. The summed E-state index contributed by atoms with van der Waals surface area (Å²) < 4.78 is 52.8. The van der Waals surface area contributed by atoms with Crippen molar-refractivity contribution in [3.8, 4) is 10.8 Å². The molecule has 2 aromatic heterocycles. The predicted octanol–water partition coefficient (Wildman–Crippen LogP) is 4.53. The molecule has 0 saturated heterocycles. The van der Waals surface area contributed by atoms with Gasteiger partial charge in [0, 0.05) is 18.2 Å². The van der Waals surface area contributed by atoms with Crippen molar-refractivity contribution in [1.29, 1.82) is 0 Å². The van der Waals surface area contributed by atoms with Gasteiger partial charge in [0.05, 0.1) is 23.7 Å². The number of alkyl halides is 3. The Labute approximate surface area is 177 Å². The van der Waals surface area contributed by atoms with E-state index < -0.39 is 28.4 Å². The van der Waals surface area contributed by atoms with Crippen molar-refractivity contribution >= 4 is 27.7 Å². The molecule has 1 amide bonds. The number of amides is 1. The average Bonchev–Trinajstić information content (AvgIpc) is 3.34. The standard InChI is InChI=1S/C21H16F3N3O3S/c1-29-14-6-7-16-17(10-14)27(12-26-16)19-9-8-18(20(25)28)31(19)30-11-13-4-2-3-5-15(13)21(22,23)24/h2-10,12H,11H2,1H3,(H-,25,28)/p+1. The summed E-state index contributed by atoms with van der Waals surface area (Å²) in [6, 6.07) is 13.6. The van der Waals surface area contributed by atoms with Crippen LogP contribution in [0.4, 0.5) is 13.2 Å². The minimum atomic E-state index is -4.52. The summed E-state index contributed by atoms with van der Waals surface area (Å²) in [6.07, 6.45) is -2.96. The van der Waals surface area contributed by atoms with E-state index in [4.69, 9.17) is 14.7 Å². The van der Waals surface area contributed by atoms with E-state index in [1.165, 1.54) is 31.4 Å². The molecule has 160 valence electrons. The lowest BCUT2D eigenvalue weighted by Gasteiger charge is -2.11. The highest BCUT2D eigenvalue weighted by Crippen LogP contribution is 2.37. The second-order valence-corrected chi connectivity index (χ2v) is 8.19. The van der Waals surface area contributed by atoms with Crippen molar-refractivity contribution in [1.82, 2.24) is 9.55 Å². The number of halogens is 3. The number of aromatic nitrogens is 2. The van der Waals surface area contributed by atoms with Crippen LogP contribution in [-0.4, -0.2) is 22.6 Å². The van der Waals surface area contributed by atoms with Crippen LogP contribution < -0.4 is 14.7 Å². The van der Waals surface area contributed by atoms with E-state index >= 15 is 0 Å². The quantitative estimate of drug-likeness (QED) is 0.440. The monoisotopic (exact) mass is 448 g/mol. The van der Waals surface area contributed by atoms with E-state index in [9.17, 15) is 18.0 Å². The fourth-order valence-corrected chi connectivity index (χ4v) is 4.79. The number of carbonyl (C=O) groups excluding carboxylic acids is 1. The van der Waals surface area contributed by atoms with Crippen molar-refractivity contribution in [2.75, 3.05) is 7.11 Å². The Kier molecular flexibility index (Phi) is 5.42. The lowest BCUT2D eigenvalue weighted by molar-refractivity contribution is -0.138. The number of ether oxygens (including phenoxy) is 1. The van der Waals surface area contributed by atoms with Crippen LogP contribution in [0, 0.1) is 0 Å².